The number of aryl methyl sites for hydroxylation is 1. The minimum atomic E-state index is -4.40. The van der Waals surface area contributed by atoms with Gasteiger partial charge in [0.1, 0.15) is 0 Å². The molecule has 3 rings (SSSR count). The van der Waals surface area contributed by atoms with Gasteiger partial charge in [0, 0.05) is 24.4 Å². The predicted molar refractivity (Wildman–Crippen MR) is 137 cm³/mol. The van der Waals surface area contributed by atoms with Crippen molar-refractivity contribution in [1.29, 1.82) is 0 Å². The van der Waals surface area contributed by atoms with E-state index in [4.69, 9.17) is 16.7 Å². The van der Waals surface area contributed by atoms with Crippen LogP contribution in [0.1, 0.15) is 98.4 Å². The molecule has 0 radical (unpaired) electrons. The molecule has 2 heterocycles. The van der Waals surface area contributed by atoms with Gasteiger partial charge in [0.25, 0.3) is 0 Å². The van der Waals surface area contributed by atoms with Crippen molar-refractivity contribution >= 4 is 17.6 Å². The van der Waals surface area contributed by atoms with Gasteiger partial charge in [0.05, 0.1) is 16.3 Å². The molecule has 2 aromatic heterocycles. The fourth-order valence-electron chi connectivity index (χ4n) is 4.05. The van der Waals surface area contributed by atoms with Gasteiger partial charge >= 0.3 is 12.1 Å². The van der Waals surface area contributed by atoms with Crippen molar-refractivity contribution in [3.8, 4) is 0 Å². The van der Waals surface area contributed by atoms with Crippen LogP contribution in [0.5, 0.6) is 0 Å². The standard InChI is InChI=1S/C20H30ClF3N2.C7H7NO2/c1-2-3-4-5-6-7-8-9-12-25-15-19(10-11-19)18-17(21)13-16(14-26-18)20(22,23)24;1-5-3-2-4-8-6(5)7(9)10/h13-14,25H,2-12,15H2,1H3;2-4H,1H3,(H,9,10). The number of hydrogen-bond acceptors (Lipinski definition) is 4. The second-order valence-corrected chi connectivity index (χ2v) is 9.87. The van der Waals surface area contributed by atoms with E-state index in [0.717, 1.165) is 44.6 Å². The Morgan fingerprint density at radius 2 is 1.75 bits per heavy atom. The maximum atomic E-state index is 12.7. The third-order valence-electron chi connectivity index (χ3n) is 6.41. The van der Waals surface area contributed by atoms with Gasteiger partial charge in [0.2, 0.25) is 0 Å². The summed E-state index contributed by atoms with van der Waals surface area (Å²) in [5, 5.41) is 12.1. The van der Waals surface area contributed by atoms with Crippen molar-refractivity contribution in [1.82, 2.24) is 15.3 Å². The van der Waals surface area contributed by atoms with Gasteiger partial charge in [-0.2, -0.15) is 13.2 Å². The van der Waals surface area contributed by atoms with Crippen LogP contribution < -0.4 is 5.32 Å². The SMILES string of the molecule is CCCCCCCCCCNCC1(c2ncc(C(F)(F)F)cc2Cl)CC1.Cc1cccnc1C(=O)O. The number of nitrogens with zero attached hydrogens (tertiary/aromatic N) is 2. The molecule has 5 nitrogen and oxygen atoms in total. The Morgan fingerprint density at radius 3 is 2.25 bits per heavy atom. The monoisotopic (exact) mass is 527 g/mol. The lowest BCUT2D eigenvalue weighted by Crippen LogP contribution is -2.29. The van der Waals surface area contributed by atoms with Crippen molar-refractivity contribution < 1.29 is 23.1 Å². The molecule has 1 aliphatic carbocycles. The Morgan fingerprint density at radius 1 is 1.11 bits per heavy atom. The van der Waals surface area contributed by atoms with E-state index in [0.29, 0.717) is 11.3 Å². The van der Waals surface area contributed by atoms with E-state index in [1.54, 1.807) is 19.1 Å². The van der Waals surface area contributed by atoms with Crippen LogP contribution in [0.2, 0.25) is 5.02 Å². The summed E-state index contributed by atoms with van der Waals surface area (Å²) in [5.41, 5.74) is 0.462. The third kappa shape index (κ3) is 9.69. The first kappa shape index (κ1) is 30.0. The molecule has 36 heavy (non-hydrogen) atoms. The van der Waals surface area contributed by atoms with Crippen LogP contribution >= 0.6 is 11.6 Å². The molecule has 0 unspecified atom stereocenters. The number of carboxylic acids is 1. The lowest BCUT2D eigenvalue weighted by Gasteiger charge is -2.18. The van der Waals surface area contributed by atoms with Gasteiger partial charge in [-0.3, -0.25) is 4.98 Å². The van der Waals surface area contributed by atoms with E-state index in [1.807, 2.05) is 0 Å². The number of unbranched alkanes of at least 4 members (excludes halogenated alkanes) is 7. The Bertz CT molecular complexity index is 966. The summed E-state index contributed by atoms with van der Waals surface area (Å²) < 4.78 is 38.2. The third-order valence-corrected chi connectivity index (χ3v) is 6.70. The minimum Gasteiger partial charge on any atom is -0.477 e. The lowest BCUT2D eigenvalue weighted by molar-refractivity contribution is -0.137. The Labute approximate surface area is 216 Å². The van der Waals surface area contributed by atoms with Crippen LogP contribution in [-0.4, -0.2) is 34.1 Å². The number of halogens is 4. The zero-order valence-corrected chi connectivity index (χ0v) is 21.9. The van der Waals surface area contributed by atoms with Gasteiger partial charge in [-0.1, -0.05) is 69.5 Å². The van der Waals surface area contributed by atoms with Crippen molar-refractivity contribution in [2.75, 3.05) is 13.1 Å². The van der Waals surface area contributed by atoms with Gasteiger partial charge < -0.3 is 10.4 Å². The molecular weight excluding hydrogens is 491 g/mol. The molecule has 200 valence electrons. The van der Waals surface area contributed by atoms with E-state index in [-0.39, 0.29) is 16.1 Å². The van der Waals surface area contributed by atoms with Crippen LogP contribution in [0.4, 0.5) is 13.2 Å². The first-order valence-corrected chi connectivity index (χ1v) is 13.1. The molecular formula is C27H37ClF3N3O2. The van der Waals surface area contributed by atoms with Crippen LogP contribution in [0.15, 0.2) is 30.6 Å². The molecule has 1 fully saturated rings. The molecule has 2 aromatic rings. The summed E-state index contributed by atoms with van der Waals surface area (Å²) in [6.45, 7) is 5.62. The molecule has 1 aliphatic rings. The summed E-state index contributed by atoms with van der Waals surface area (Å²) in [4.78, 5) is 18.1. The first-order valence-electron chi connectivity index (χ1n) is 12.7. The number of aromatic carboxylic acids is 1. The number of rotatable bonds is 13. The normalized spacial score (nSPS) is 14.2. The highest BCUT2D eigenvalue weighted by Gasteiger charge is 2.47. The molecule has 0 bridgehead atoms. The van der Waals surface area contributed by atoms with E-state index in [2.05, 4.69) is 22.2 Å². The zero-order valence-electron chi connectivity index (χ0n) is 21.1. The number of aromatic nitrogens is 2. The molecule has 0 spiro atoms. The molecule has 0 aliphatic heterocycles. The quantitative estimate of drug-likeness (QED) is 0.262. The van der Waals surface area contributed by atoms with Crippen molar-refractivity contribution in [2.45, 2.75) is 89.6 Å². The highest BCUT2D eigenvalue weighted by Crippen LogP contribution is 2.49. The molecule has 0 saturated heterocycles. The van der Waals surface area contributed by atoms with Crippen molar-refractivity contribution in [3.05, 3.63) is 58.1 Å². The second-order valence-electron chi connectivity index (χ2n) is 9.46. The van der Waals surface area contributed by atoms with Gasteiger partial charge in [-0.25, -0.2) is 9.78 Å². The molecule has 0 amide bonds. The second kappa shape index (κ2) is 14.5. The largest absolute Gasteiger partial charge is 0.477 e. The van der Waals surface area contributed by atoms with Crippen molar-refractivity contribution in [3.63, 3.8) is 0 Å². The zero-order chi connectivity index (χ0) is 26.6. The molecule has 1 saturated carbocycles. The number of nitrogens with one attached hydrogen (secondary N) is 1. The number of alkyl halides is 3. The maximum absolute atomic E-state index is 12.7. The summed E-state index contributed by atoms with van der Waals surface area (Å²) in [6.07, 6.45) is 10.1. The fraction of sp³-hybridized carbons (Fsp3) is 0.593. The predicted octanol–water partition coefficient (Wildman–Crippen LogP) is 7.60. The molecule has 9 heteroatoms. The van der Waals surface area contributed by atoms with Gasteiger partial charge in [-0.05, 0) is 50.4 Å². The van der Waals surface area contributed by atoms with E-state index < -0.39 is 17.7 Å². The molecule has 0 aromatic carbocycles. The smallest absolute Gasteiger partial charge is 0.417 e. The fourth-order valence-corrected chi connectivity index (χ4v) is 4.42. The Hall–Kier alpha value is -2.19. The van der Waals surface area contributed by atoms with E-state index in [1.165, 1.54) is 51.1 Å². The lowest BCUT2D eigenvalue weighted by atomic mass is 10.0. The van der Waals surface area contributed by atoms with Crippen LogP contribution in [-0.2, 0) is 11.6 Å². The van der Waals surface area contributed by atoms with Gasteiger partial charge in [-0.15, -0.1) is 0 Å². The highest BCUT2D eigenvalue weighted by atomic mass is 35.5. The van der Waals surface area contributed by atoms with Crippen LogP contribution in [0, 0.1) is 6.92 Å². The average molecular weight is 528 g/mol. The molecule has 0 atom stereocenters. The van der Waals surface area contributed by atoms with Crippen LogP contribution in [0.3, 0.4) is 0 Å². The number of carbonyl (C=O) groups is 1. The number of carboxylic acid groups (broad SMARTS) is 1. The van der Waals surface area contributed by atoms with Crippen LogP contribution in [0.25, 0.3) is 0 Å². The van der Waals surface area contributed by atoms with E-state index in [9.17, 15) is 18.0 Å². The summed E-state index contributed by atoms with van der Waals surface area (Å²) in [5.74, 6) is -0.974. The number of pyridine rings is 2. The minimum absolute atomic E-state index is 0.127. The van der Waals surface area contributed by atoms with E-state index >= 15 is 0 Å². The maximum Gasteiger partial charge on any atom is 0.417 e. The topological polar surface area (TPSA) is 75.1 Å². The summed E-state index contributed by atoms with van der Waals surface area (Å²) in [6, 6.07) is 4.43. The summed E-state index contributed by atoms with van der Waals surface area (Å²) >= 11 is 6.10. The van der Waals surface area contributed by atoms with Gasteiger partial charge in [0.15, 0.2) is 5.69 Å². The Balaban J connectivity index is 0.000000380. The summed E-state index contributed by atoms with van der Waals surface area (Å²) in [7, 11) is 0. The Kier molecular flexibility index (Phi) is 12.1. The highest BCUT2D eigenvalue weighted by molar-refractivity contribution is 6.31. The molecule has 2 N–H and O–H groups in total. The first-order chi connectivity index (χ1) is 17.1. The number of hydrogen-bond donors (Lipinski definition) is 2. The van der Waals surface area contributed by atoms with Crippen molar-refractivity contribution in [2.24, 2.45) is 0 Å². The average Bonchev–Trinajstić information content (AvgIpc) is 3.61.